The highest BCUT2D eigenvalue weighted by Crippen LogP contribution is 2.29. The maximum atomic E-state index is 12.5. The molecule has 2 amide bonds. The molecule has 1 heterocycles. The molecule has 1 saturated carbocycles. The van der Waals surface area contributed by atoms with Crippen molar-refractivity contribution in [1.29, 1.82) is 0 Å². The van der Waals surface area contributed by atoms with Crippen molar-refractivity contribution in [3.8, 4) is 0 Å². The molecule has 160 valence electrons. The fraction of sp³-hybridized carbons (Fsp3) is 0.636. The standard InChI is InChI=1S/C22H33ClN4O2/c1-16-6-5-9-19(17(16)2)24-21(28)14-26-10-12-27(13-11-26)15-22(29)25-20-8-4-3-7-18(20)23/h3-4,7-8,16-17,19H,5-6,9-15H2,1-2H3,(H,24,28)(H,25,29)/p+2/t16-,17+,19-/m0/s1. The van der Waals surface area contributed by atoms with E-state index in [-0.39, 0.29) is 11.8 Å². The van der Waals surface area contributed by atoms with Crippen LogP contribution < -0.4 is 20.4 Å². The van der Waals surface area contributed by atoms with Crippen molar-refractivity contribution in [2.45, 2.75) is 39.2 Å². The third-order valence-corrected chi connectivity index (χ3v) is 7.02. The molecule has 0 unspecified atom stereocenters. The fourth-order valence-corrected chi connectivity index (χ4v) is 4.75. The molecule has 2 aliphatic rings. The zero-order valence-corrected chi connectivity index (χ0v) is 18.4. The number of nitrogens with one attached hydrogen (secondary N) is 4. The number of anilines is 1. The smallest absolute Gasteiger partial charge is 0.279 e. The molecule has 0 bridgehead atoms. The number of carbonyl (C=O) groups excluding carboxylic acids is 2. The first-order valence-electron chi connectivity index (χ1n) is 10.9. The number of hydrogen-bond donors (Lipinski definition) is 4. The van der Waals surface area contributed by atoms with Gasteiger partial charge in [-0.1, -0.05) is 50.4 Å². The van der Waals surface area contributed by atoms with Crippen LogP contribution in [0.5, 0.6) is 0 Å². The largest absolute Gasteiger partial charge is 0.348 e. The predicted octanol–water partition coefficient (Wildman–Crippen LogP) is 0.00280. The van der Waals surface area contributed by atoms with Crippen molar-refractivity contribution in [1.82, 2.24) is 5.32 Å². The van der Waals surface area contributed by atoms with Crippen LogP contribution in [-0.4, -0.2) is 57.1 Å². The minimum absolute atomic E-state index is 0.0188. The van der Waals surface area contributed by atoms with Crippen LogP contribution in [-0.2, 0) is 9.59 Å². The van der Waals surface area contributed by atoms with Crippen LogP contribution >= 0.6 is 11.6 Å². The molecule has 0 spiro atoms. The molecule has 1 aliphatic carbocycles. The van der Waals surface area contributed by atoms with Gasteiger partial charge in [-0.2, -0.15) is 0 Å². The molecular weight excluding hydrogens is 388 g/mol. The van der Waals surface area contributed by atoms with Gasteiger partial charge in [-0.15, -0.1) is 0 Å². The minimum atomic E-state index is -0.0188. The van der Waals surface area contributed by atoms with Crippen molar-refractivity contribution >= 4 is 29.1 Å². The molecule has 4 N–H and O–H groups in total. The van der Waals surface area contributed by atoms with Crippen molar-refractivity contribution in [2.75, 3.05) is 44.6 Å². The van der Waals surface area contributed by atoms with E-state index in [4.69, 9.17) is 11.6 Å². The highest BCUT2D eigenvalue weighted by molar-refractivity contribution is 6.33. The Kier molecular flexibility index (Phi) is 7.92. The topological polar surface area (TPSA) is 67.1 Å². The van der Waals surface area contributed by atoms with Crippen LogP contribution in [0.4, 0.5) is 5.69 Å². The molecule has 6 nitrogen and oxygen atoms in total. The van der Waals surface area contributed by atoms with Crippen molar-refractivity contribution in [3.05, 3.63) is 29.3 Å². The van der Waals surface area contributed by atoms with Gasteiger partial charge in [0.1, 0.15) is 26.2 Å². The van der Waals surface area contributed by atoms with Crippen molar-refractivity contribution in [2.24, 2.45) is 11.8 Å². The van der Waals surface area contributed by atoms with Crippen LogP contribution in [0.25, 0.3) is 0 Å². The number of hydrogen-bond acceptors (Lipinski definition) is 2. The first-order valence-corrected chi connectivity index (χ1v) is 11.3. The highest BCUT2D eigenvalue weighted by atomic mass is 35.5. The third kappa shape index (κ3) is 6.43. The lowest BCUT2D eigenvalue weighted by atomic mass is 9.78. The van der Waals surface area contributed by atoms with Gasteiger partial charge in [-0.25, -0.2) is 0 Å². The highest BCUT2D eigenvalue weighted by Gasteiger charge is 2.30. The van der Waals surface area contributed by atoms with Gasteiger partial charge in [-0.05, 0) is 30.4 Å². The molecule has 1 aromatic rings. The van der Waals surface area contributed by atoms with Crippen molar-refractivity contribution < 1.29 is 19.4 Å². The molecule has 29 heavy (non-hydrogen) atoms. The maximum absolute atomic E-state index is 12.5. The van der Waals surface area contributed by atoms with E-state index in [9.17, 15) is 9.59 Å². The Labute approximate surface area is 179 Å². The molecule has 0 aromatic heterocycles. The number of rotatable bonds is 6. The number of benzene rings is 1. The number of quaternary nitrogens is 2. The predicted molar refractivity (Wildman–Crippen MR) is 115 cm³/mol. The summed E-state index contributed by atoms with van der Waals surface area (Å²) in [7, 11) is 0. The minimum Gasteiger partial charge on any atom is -0.348 e. The summed E-state index contributed by atoms with van der Waals surface area (Å²) in [5, 5.41) is 6.72. The molecule has 1 saturated heterocycles. The van der Waals surface area contributed by atoms with E-state index >= 15 is 0 Å². The van der Waals surface area contributed by atoms with Crippen LogP contribution in [0.2, 0.25) is 5.02 Å². The normalized spacial score (nSPS) is 29.8. The van der Waals surface area contributed by atoms with Crippen molar-refractivity contribution in [3.63, 3.8) is 0 Å². The van der Waals surface area contributed by atoms with E-state index in [1.54, 1.807) is 6.07 Å². The lowest BCUT2D eigenvalue weighted by molar-refractivity contribution is -1.00. The van der Waals surface area contributed by atoms with E-state index in [1.165, 1.54) is 22.6 Å². The summed E-state index contributed by atoms with van der Waals surface area (Å²) in [6.07, 6.45) is 3.58. The summed E-state index contributed by atoms with van der Waals surface area (Å²) in [6.45, 7) is 9.15. The zero-order chi connectivity index (χ0) is 20.8. The Bertz CT molecular complexity index is 706. The average molecular weight is 423 g/mol. The van der Waals surface area contributed by atoms with Crippen LogP contribution in [0.3, 0.4) is 0 Å². The first-order chi connectivity index (χ1) is 13.9. The number of halogens is 1. The Morgan fingerprint density at radius 3 is 2.28 bits per heavy atom. The number of amides is 2. The van der Waals surface area contributed by atoms with E-state index in [1.807, 2.05) is 18.2 Å². The molecular formula is C22H35ClN4O2+2. The van der Waals surface area contributed by atoms with E-state index in [0.29, 0.717) is 41.7 Å². The molecule has 1 aromatic carbocycles. The van der Waals surface area contributed by atoms with E-state index < -0.39 is 0 Å². The van der Waals surface area contributed by atoms with Gasteiger partial charge in [0.05, 0.1) is 10.7 Å². The fourth-order valence-electron chi connectivity index (χ4n) is 4.57. The third-order valence-electron chi connectivity index (χ3n) is 6.69. The Morgan fingerprint density at radius 2 is 1.62 bits per heavy atom. The Morgan fingerprint density at radius 1 is 1.00 bits per heavy atom. The molecule has 1 aliphatic heterocycles. The second kappa shape index (κ2) is 10.4. The number of piperazine rings is 1. The summed E-state index contributed by atoms with van der Waals surface area (Å²) in [6, 6.07) is 7.61. The number of para-hydroxylation sites is 1. The van der Waals surface area contributed by atoms with Gasteiger partial charge >= 0.3 is 0 Å². The van der Waals surface area contributed by atoms with E-state index in [2.05, 4.69) is 24.5 Å². The maximum Gasteiger partial charge on any atom is 0.279 e. The summed E-state index contributed by atoms with van der Waals surface area (Å²) in [5.74, 6) is 1.40. The van der Waals surface area contributed by atoms with E-state index in [0.717, 1.165) is 32.6 Å². The van der Waals surface area contributed by atoms with Crippen LogP contribution in [0, 0.1) is 11.8 Å². The lowest BCUT2D eigenvalue weighted by Gasteiger charge is -2.35. The van der Waals surface area contributed by atoms with Gasteiger partial charge < -0.3 is 20.4 Å². The summed E-state index contributed by atoms with van der Waals surface area (Å²) >= 11 is 6.10. The SMILES string of the molecule is C[C@H]1[C@@H](NC(=O)C[NH+]2CC[NH+](CC(=O)Nc3ccccc3Cl)CC2)CCC[C@@H]1C. The summed E-state index contributed by atoms with van der Waals surface area (Å²) in [4.78, 5) is 27.4. The first kappa shape index (κ1) is 22.1. The summed E-state index contributed by atoms with van der Waals surface area (Å²) in [5.41, 5.74) is 0.658. The van der Waals surface area contributed by atoms with Gasteiger partial charge in [-0.3, -0.25) is 9.59 Å². The van der Waals surface area contributed by atoms with Gasteiger partial charge in [0.15, 0.2) is 13.1 Å². The monoisotopic (exact) mass is 422 g/mol. The lowest BCUT2D eigenvalue weighted by Crippen LogP contribution is -3.28. The molecule has 7 heteroatoms. The Hall–Kier alpha value is -1.63. The quantitative estimate of drug-likeness (QED) is 0.521. The second-order valence-corrected chi connectivity index (χ2v) is 9.23. The number of carbonyl (C=O) groups is 2. The molecule has 2 fully saturated rings. The second-order valence-electron chi connectivity index (χ2n) is 8.82. The van der Waals surface area contributed by atoms with Crippen LogP contribution in [0.15, 0.2) is 24.3 Å². The molecule has 3 rings (SSSR count). The average Bonchev–Trinajstić information content (AvgIpc) is 2.69. The molecule has 0 radical (unpaired) electrons. The summed E-state index contributed by atoms with van der Waals surface area (Å²) < 4.78 is 0. The Balaban J connectivity index is 1.37. The molecule has 3 atom stereocenters. The van der Waals surface area contributed by atoms with Gasteiger partial charge in [0, 0.05) is 6.04 Å². The zero-order valence-electron chi connectivity index (χ0n) is 17.6. The van der Waals surface area contributed by atoms with Gasteiger partial charge in [0.2, 0.25) is 0 Å². The van der Waals surface area contributed by atoms with Crippen LogP contribution in [0.1, 0.15) is 33.1 Å². The van der Waals surface area contributed by atoms with Gasteiger partial charge in [0.25, 0.3) is 11.8 Å².